The van der Waals surface area contributed by atoms with E-state index in [0.29, 0.717) is 6.04 Å². The fourth-order valence-corrected chi connectivity index (χ4v) is 2.19. The highest BCUT2D eigenvalue weighted by Gasteiger charge is 2.04. The molecular formula is C18H31NO. The van der Waals surface area contributed by atoms with Gasteiger partial charge in [-0.2, -0.15) is 0 Å². The molecule has 0 spiro atoms. The van der Waals surface area contributed by atoms with E-state index in [0.717, 1.165) is 31.2 Å². The van der Waals surface area contributed by atoms with Gasteiger partial charge in [0.05, 0.1) is 6.61 Å². The Kier molecular flexibility index (Phi) is 8.36. The van der Waals surface area contributed by atoms with Gasteiger partial charge in [-0.3, -0.25) is 0 Å². The zero-order chi connectivity index (χ0) is 14.8. The average molecular weight is 277 g/mol. The molecule has 0 saturated heterocycles. The van der Waals surface area contributed by atoms with E-state index >= 15 is 0 Å². The monoisotopic (exact) mass is 277 g/mol. The molecule has 0 heterocycles. The van der Waals surface area contributed by atoms with Crippen molar-refractivity contribution in [1.82, 2.24) is 5.32 Å². The number of nitrogens with one attached hydrogen (secondary N) is 1. The van der Waals surface area contributed by atoms with Crippen molar-refractivity contribution in [2.24, 2.45) is 5.92 Å². The van der Waals surface area contributed by atoms with Gasteiger partial charge in [0.15, 0.2) is 0 Å². The molecule has 0 aliphatic rings. The molecule has 1 rings (SSSR count). The van der Waals surface area contributed by atoms with Crippen LogP contribution < -0.4 is 10.1 Å². The van der Waals surface area contributed by atoms with E-state index in [-0.39, 0.29) is 0 Å². The minimum absolute atomic E-state index is 0.411. The van der Waals surface area contributed by atoms with Crippen molar-refractivity contribution in [2.75, 3.05) is 13.2 Å². The van der Waals surface area contributed by atoms with Gasteiger partial charge in [0.25, 0.3) is 0 Å². The molecule has 0 radical (unpaired) electrons. The third-order valence-corrected chi connectivity index (χ3v) is 3.51. The lowest BCUT2D eigenvalue weighted by molar-refractivity contribution is 0.317. The van der Waals surface area contributed by atoms with Gasteiger partial charge in [-0.1, -0.05) is 45.7 Å². The van der Waals surface area contributed by atoms with Crippen LogP contribution in [0.5, 0.6) is 5.75 Å². The third kappa shape index (κ3) is 6.95. The lowest BCUT2D eigenvalue weighted by Gasteiger charge is -2.15. The second-order valence-corrected chi connectivity index (χ2v) is 5.98. The maximum atomic E-state index is 5.60. The summed E-state index contributed by atoms with van der Waals surface area (Å²) in [7, 11) is 0. The largest absolute Gasteiger partial charge is 0.494 e. The van der Waals surface area contributed by atoms with Gasteiger partial charge in [-0.15, -0.1) is 0 Å². The molecule has 0 aliphatic carbocycles. The Morgan fingerprint density at radius 1 is 1.05 bits per heavy atom. The number of benzene rings is 1. The van der Waals surface area contributed by atoms with Crippen molar-refractivity contribution < 1.29 is 4.74 Å². The zero-order valence-corrected chi connectivity index (χ0v) is 13.6. The van der Waals surface area contributed by atoms with Crippen LogP contribution in [0.25, 0.3) is 0 Å². The van der Waals surface area contributed by atoms with Gasteiger partial charge in [0.1, 0.15) is 5.75 Å². The van der Waals surface area contributed by atoms with Crippen molar-refractivity contribution in [2.45, 2.75) is 59.4 Å². The lowest BCUT2D eigenvalue weighted by Crippen LogP contribution is -2.19. The number of hydrogen-bond donors (Lipinski definition) is 1. The van der Waals surface area contributed by atoms with Crippen molar-refractivity contribution in [3.63, 3.8) is 0 Å². The highest BCUT2D eigenvalue weighted by molar-refractivity contribution is 5.28. The van der Waals surface area contributed by atoms with Gasteiger partial charge in [0, 0.05) is 6.04 Å². The van der Waals surface area contributed by atoms with E-state index in [1.807, 2.05) is 0 Å². The molecule has 1 atom stereocenters. The maximum Gasteiger partial charge on any atom is 0.119 e. The molecule has 2 heteroatoms. The van der Waals surface area contributed by atoms with Crippen LogP contribution in [0.4, 0.5) is 0 Å². The molecule has 1 N–H and O–H groups in total. The molecule has 0 aromatic heterocycles. The standard InChI is InChI=1S/C18H31NO/c1-5-14-20-18-11-9-17(10-12-18)16(4)19-13-7-6-8-15(2)3/h9-12,15-16,19H,5-8,13-14H2,1-4H3. The van der Waals surface area contributed by atoms with Crippen molar-refractivity contribution in [3.05, 3.63) is 29.8 Å². The maximum absolute atomic E-state index is 5.60. The van der Waals surface area contributed by atoms with Crippen LogP contribution in [0.15, 0.2) is 24.3 Å². The van der Waals surface area contributed by atoms with E-state index in [2.05, 4.69) is 57.3 Å². The summed E-state index contributed by atoms with van der Waals surface area (Å²) < 4.78 is 5.60. The summed E-state index contributed by atoms with van der Waals surface area (Å²) in [6.45, 7) is 10.8. The number of unbranched alkanes of at least 4 members (excludes halogenated alkanes) is 1. The first-order chi connectivity index (χ1) is 9.63. The first-order valence-electron chi connectivity index (χ1n) is 8.09. The molecule has 114 valence electrons. The number of ether oxygens (including phenoxy) is 1. The molecule has 1 aromatic carbocycles. The Hall–Kier alpha value is -1.02. The van der Waals surface area contributed by atoms with E-state index in [4.69, 9.17) is 4.74 Å². The summed E-state index contributed by atoms with van der Waals surface area (Å²) >= 11 is 0. The van der Waals surface area contributed by atoms with Crippen LogP contribution >= 0.6 is 0 Å². The van der Waals surface area contributed by atoms with E-state index in [9.17, 15) is 0 Å². The van der Waals surface area contributed by atoms with Gasteiger partial charge in [-0.25, -0.2) is 0 Å². The fraction of sp³-hybridized carbons (Fsp3) is 0.667. The Bertz CT molecular complexity index is 345. The molecule has 20 heavy (non-hydrogen) atoms. The molecule has 0 bridgehead atoms. The van der Waals surface area contributed by atoms with Gasteiger partial charge in [0.2, 0.25) is 0 Å². The highest BCUT2D eigenvalue weighted by Crippen LogP contribution is 2.18. The summed E-state index contributed by atoms with van der Waals surface area (Å²) in [6.07, 6.45) is 4.97. The lowest BCUT2D eigenvalue weighted by atomic mass is 10.1. The van der Waals surface area contributed by atoms with Crippen molar-refractivity contribution in [1.29, 1.82) is 0 Å². The summed E-state index contributed by atoms with van der Waals surface area (Å²) in [5.74, 6) is 1.79. The van der Waals surface area contributed by atoms with E-state index < -0.39 is 0 Å². The van der Waals surface area contributed by atoms with Gasteiger partial charge >= 0.3 is 0 Å². The topological polar surface area (TPSA) is 21.3 Å². The quantitative estimate of drug-likeness (QED) is 0.611. The fourth-order valence-electron chi connectivity index (χ4n) is 2.19. The Balaban J connectivity index is 2.26. The average Bonchev–Trinajstić information content (AvgIpc) is 2.44. The Labute approximate surface area is 124 Å². The SMILES string of the molecule is CCCOc1ccc(C(C)NCCCCC(C)C)cc1. The van der Waals surface area contributed by atoms with Crippen LogP contribution in [0.1, 0.15) is 65.0 Å². The molecule has 2 nitrogen and oxygen atoms in total. The first kappa shape index (κ1) is 17.0. The normalized spacial score (nSPS) is 12.7. The van der Waals surface area contributed by atoms with Crippen LogP contribution in [-0.4, -0.2) is 13.2 Å². The Morgan fingerprint density at radius 3 is 2.35 bits per heavy atom. The summed E-state index contributed by atoms with van der Waals surface area (Å²) in [6, 6.07) is 8.88. The number of rotatable bonds is 10. The zero-order valence-electron chi connectivity index (χ0n) is 13.6. The van der Waals surface area contributed by atoms with Gasteiger partial charge in [-0.05, 0) is 49.9 Å². The molecular weight excluding hydrogens is 246 g/mol. The second-order valence-electron chi connectivity index (χ2n) is 5.98. The molecule has 0 saturated carbocycles. The molecule has 0 fully saturated rings. The third-order valence-electron chi connectivity index (χ3n) is 3.51. The smallest absolute Gasteiger partial charge is 0.119 e. The minimum Gasteiger partial charge on any atom is -0.494 e. The van der Waals surface area contributed by atoms with Crippen molar-refractivity contribution >= 4 is 0 Å². The van der Waals surface area contributed by atoms with Gasteiger partial charge < -0.3 is 10.1 Å². The first-order valence-corrected chi connectivity index (χ1v) is 8.09. The van der Waals surface area contributed by atoms with Crippen LogP contribution in [0.2, 0.25) is 0 Å². The van der Waals surface area contributed by atoms with E-state index in [1.54, 1.807) is 0 Å². The predicted molar refractivity (Wildman–Crippen MR) is 87.3 cm³/mol. The summed E-state index contributed by atoms with van der Waals surface area (Å²) in [4.78, 5) is 0. The minimum atomic E-state index is 0.411. The summed E-state index contributed by atoms with van der Waals surface area (Å²) in [5, 5.41) is 3.59. The number of hydrogen-bond acceptors (Lipinski definition) is 2. The highest BCUT2D eigenvalue weighted by atomic mass is 16.5. The van der Waals surface area contributed by atoms with Crippen LogP contribution in [0.3, 0.4) is 0 Å². The van der Waals surface area contributed by atoms with Crippen molar-refractivity contribution in [3.8, 4) is 5.75 Å². The molecule has 0 aliphatic heterocycles. The summed E-state index contributed by atoms with van der Waals surface area (Å²) in [5.41, 5.74) is 1.33. The second kappa shape index (κ2) is 9.82. The van der Waals surface area contributed by atoms with Crippen LogP contribution in [0, 0.1) is 5.92 Å². The van der Waals surface area contributed by atoms with Crippen LogP contribution in [-0.2, 0) is 0 Å². The Morgan fingerprint density at radius 2 is 1.75 bits per heavy atom. The molecule has 1 aromatic rings. The molecule has 1 unspecified atom stereocenters. The predicted octanol–water partition coefficient (Wildman–Crippen LogP) is 4.95. The van der Waals surface area contributed by atoms with E-state index in [1.165, 1.54) is 24.8 Å². The molecule has 0 amide bonds.